The van der Waals surface area contributed by atoms with E-state index in [0.717, 1.165) is 10.6 Å². The van der Waals surface area contributed by atoms with E-state index >= 15 is 0 Å². The summed E-state index contributed by atoms with van der Waals surface area (Å²) in [6, 6.07) is 3.61. The molecule has 8 heteroatoms. The lowest BCUT2D eigenvalue weighted by Gasteiger charge is -2.07. The highest BCUT2D eigenvalue weighted by atomic mass is 32.1. The molecule has 0 aromatic carbocycles. The van der Waals surface area contributed by atoms with E-state index in [0.29, 0.717) is 30.9 Å². The highest BCUT2D eigenvalue weighted by molar-refractivity contribution is 7.12. The van der Waals surface area contributed by atoms with Crippen LogP contribution in [0.5, 0.6) is 0 Å². The first-order valence-corrected chi connectivity index (χ1v) is 9.44. The number of carbonyl (C=O) groups excluding carboxylic acids is 2. The van der Waals surface area contributed by atoms with Crippen molar-refractivity contribution in [3.63, 3.8) is 0 Å². The number of hydrogen-bond acceptors (Lipinski definition) is 5. The summed E-state index contributed by atoms with van der Waals surface area (Å²) < 4.78 is 1.64. The number of thiazole rings is 1. The molecule has 2 rings (SSSR count). The van der Waals surface area contributed by atoms with E-state index in [-0.39, 0.29) is 23.1 Å². The van der Waals surface area contributed by atoms with Crippen molar-refractivity contribution in [2.75, 3.05) is 13.1 Å². The van der Waals surface area contributed by atoms with E-state index in [9.17, 15) is 14.4 Å². The molecule has 2 amide bonds. The van der Waals surface area contributed by atoms with Crippen LogP contribution < -0.4 is 15.5 Å². The Balaban J connectivity index is 1.61. The molecule has 2 aromatic rings. The lowest BCUT2D eigenvalue weighted by atomic mass is 10.3. The van der Waals surface area contributed by atoms with E-state index in [4.69, 9.17) is 0 Å². The first kappa shape index (κ1) is 18.4. The van der Waals surface area contributed by atoms with Gasteiger partial charge in [0.05, 0.1) is 4.88 Å². The van der Waals surface area contributed by atoms with Crippen LogP contribution in [0.1, 0.15) is 33.1 Å². The minimum atomic E-state index is -0.0882. The van der Waals surface area contributed by atoms with Gasteiger partial charge < -0.3 is 15.2 Å². The second-order valence-corrected chi connectivity index (χ2v) is 7.46. The van der Waals surface area contributed by atoms with E-state index in [1.807, 2.05) is 25.3 Å². The number of aryl methyl sites for hydroxylation is 1. The third-order valence-electron chi connectivity index (χ3n) is 3.64. The Morgan fingerprint density at radius 2 is 1.96 bits per heavy atom. The third kappa shape index (κ3) is 5.04. The first-order valence-electron chi connectivity index (χ1n) is 7.74. The fourth-order valence-electron chi connectivity index (χ4n) is 2.16. The zero-order valence-electron chi connectivity index (χ0n) is 13.8. The molecule has 0 bridgehead atoms. The zero-order valence-corrected chi connectivity index (χ0v) is 15.4. The number of rotatable bonds is 8. The fourth-order valence-corrected chi connectivity index (χ4v) is 3.66. The second kappa shape index (κ2) is 8.79. The molecule has 2 aromatic heterocycles. The van der Waals surface area contributed by atoms with Crippen molar-refractivity contribution in [3.8, 4) is 0 Å². The van der Waals surface area contributed by atoms with Gasteiger partial charge in [0.25, 0.3) is 5.91 Å². The Morgan fingerprint density at radius 3 is 2.58 bits per heavy atom. The smallest absolute Gasteiger partial charge is 0.307 e. The average Bonchev–Trinajstić information content (AvgIpc) is 3.15. The molecular formula is C16H21N3O3S2. The average molecular weight is 367 g/mol. The Hall–Kier alpha value is -1.93. The summed E-state index contributed by atoms with van der Waals surface area (Å²) in [6.07, 6.45) is 0.942. The Morgan fingerprint density at radius 1 is 1.21 bits per heavy atom. The van der Waals surface area contributed by atoms with Crippen LogP contribution in [0.4, 0.5) is 0 Å². The van der Waals surface area contributed by atoms with Crippen LogP contribution in [-0.2, 0) is 11.3 Å². The van der Waals surface area contributed by atoms with E-state index in [1.54, 1.807) is 10.6 Å². The molecule has 0 aliphatic rings. The van der Waals surface area contributed by atoms with Gasteiger partial charge in [0.15, 0.2) is 0 Å². The summed E-state index contributed by atoms with van der Waals surface area (Å²) >= 11 is 2.61. The molecule has 6 nitrogen and oxygen atoms in total. The molecule has 24 heavy (non-hydrogen) atoms. The molecule has 0 radical (unpaired) electrons. The first-order chi connectivity index (χ1) is 11.5. The largest absolute Gasteiger partial charge is 0.356 e. The molecule has 0 saturated heterocycles. The summed E-state index contributed by atoms with van der Waals surface area (Å²) in [4.78, 5) is 36.9. The van der Waals surface area contributed by atoms with Crippen LogP contribution in [0.25, 0.3) is 0 Å². The molecule has 0 unspecified atom stereocenters. The molecular weight excluding hydrogens is 346 g/mol. The predicted molar refractivity (Wildman–Crippen MR) is 96.9 cm³/mol. The van der Waals surface area contributed by atoms with Crippen LogP contribution in [0.3, 0.4) is 0 Å². The van der Waals surface area contributed by atoms with E-state index in [1.165, 1.54) is 22.7 Å². The third-order valence-corrected chi connectivity index (χ3v) is 5.51. The molecule has 2 heterocycles. The zero-order chi connectivity index (χ0) is 17.5. The van der Waals surface area contributed by atoms with E-state index in [2.05, 4.69) is 10.6 Å². The van der Waals surface area contributed by atoms with Crippen LogP contribution in [0, 0.1) is 13.8 Å². The van der Waals surface area contributed by atoms with Gasteiger partial charge >= 0.3 is 4.87 Å². The SMILES string of the molecule is Cc1sc(=O)n(CCC(=O)NCCCNC(=O)c2cccs2)c1C. The van der Waals surface area contributed by atoms with Crippen molar-refractivity contribution in [2.45, 2.75) is 33.2 Å². The number of nitrogens with one attached hydrogen (secondary N) is 2. The van der Waals surface area contributed by atoms with Gasteiger partial charge in [-0.05, 0) is 31.7 Å². The molecule has 2 N–H and O–H groups in total. The van der Waals surface area contributed by atoms with Crippen molar-refractivity contribution < 1.29 is 9.59 Å². The van der Waals surface area contributed by atoms with Gasteiger partial charge in [0, 0.05) is 36.6 Å². The van der Waals surface area contributed by atoms with Crippen LogP contribution in [0.2, 0.25) is 0 Å². The Labute approximate surface area is 148 Å². The number of aromatic nitrogens is 1. The van der Waals surface area contributed by atoms with Gasteiger partial charge in [-0.3, -0.25) is 14.4 Å². The monoisotopic (exact) mass is 367 g/mol. The normalized spacial score (nSPS) is 10.6. The molecule has 0 spiro atoms. The van der Waals surface area contributed by atoms with Crippen LogP contribution in [0.15, 0.2) is 22.3 Å². The molecule has 0 aliphatic carbocycles. The number of hydrogen-bond donors (Lipinski definition) is 2. The topological polar surface area (TPSA) is 80.2 Å². The Bertz CT molecular complexity index is 747. The maximum Gasteiger partial charge on any atom is 0.307 e. The van der Waals surface area contributed by atoms with Crippen molar-refractivity contribution in [1.29, 1.82) is 0 Å². The summed E-state index contributed by atoms with van der Waals surface area (Å²) in [5, 5.41) is 7.48. The number of nitrogens with zero attached hydrogens (tertiary/aromatic N) is 1. The molecule has 0 atom stereocenters. The van der Waals surface area contributed by atoms with Gasteiger partial charge in [-0.25, -0.2) is 0 Å². The van der Waals surface area contributed by atoms with E-state index < -0.39 is 0 Å². The summed E-state index contributed by atoms with van der Waals surface area (Å²) in [6.45, 7) is 5.21. The molecule has 130 valence electrons. The van der Waals surface area contributed by atoms with Crippen molar-refractivity contribution in [2.24, 2.45) is 0 Å². The standard InChI is InChI=1S/C16H21N3O3S2/c1-11-12(2)24-16(22)19(11)9-6-14(20)17-7-4-8-18-15(21)13-5-3-10-23-13/h3,5,10H,4,6-9H2,1-2H3,(H,17,20)(H,18,21). The lowest BCUT2D eigenvalue weighted by Crippen LogP contribution is -2.30. The van der Waals surface area contributed by atoms with Crippen molar-refractivity contribution in [3.05, 3.63) is 42.6 Å². The van der Waals surface area contributed by atoms with Crippen molar-refractivity contribution >= 4 is 34.5 Å². The highest BCUT2D eigenvalue weighted by Crippen LogP contribution is 2.09. The maximum atomic E-state index is 11.8. The number of thiophene rings is 1. The number of amides is 2. The van der Waals surface area contributed by atoms with Gasteiger partial charge in [-0.2, -0.15) is 0 Å². The highest BCUT2D eigenvalue weighted by Gasteiger charge is 2.09. The van der Waals surface area contributed by atoms with Gasteiger partial charge in [-0.1, -0.05) is 17.4 Å². The summed E-state index contributed by atoms with van der Waals surface area (Å²) in [5.74, 6) is -0.172. The lowest BCUT2D eigenvalue weighted by molar-refractivity contribution is -0.121. The maximum absolute atomic E-state index is 11.8. The van der Waals surface area contributed by atoms with Gasteiger partial charge in [0.2, 0.25) is 5.91 Å². The van der Waals surface area contributed by atoms with Crippen LogP contribution >= 0.6 is 22.7 Å². The van der Waals surface area contributed by atoms with Gasteiger partial charge in [0.1, 0.15) is 0 Å². The molecule has 0 fully saturated rings. The molecule has 0 saturated carbocycles. The molecule has 0 aliphatic heterocycles. The van der Waals surface area contributed by atoms with Gasteiger partial charge in [-0.15, -0.1) is 11.3 Å². The summed E-state index contributed by atoms with van der Waals surface area (Å²) in [7, 11) is 0. The summed E-state index contributed by atoms with van der Waals surface area (Å²) in [5.41, 5.74) is 0.925. The predicted octanol–water partition coefficient (Wildman–Crippen LogP) is 1.91. The second-order valence-electron chi connectivity index (χ2n) is 5.35. The van der Waals surface area contributed by atoms with Crippen LogP contribution in [-0.4, -0.2) is 29.5 Å². The van der Waals surface area contributed by atoms with Crippen molar-refractivity contribution in [1.82, 2.24) is 15.2 Å². The minimum absolute atomic E-state index is 0.0194. The quantitative estimate of drug-likeness (QED) is 0.700. The number of carbonyl (C=O) groups is 2. The minimum Gasteiger partial charge on any atom is -0.356 e. The Kier molecular flexibility index (Phi) is 6.74. The fraction of sp³-hybridized carbons (Fsp3) is 0.438.